The number of ether oxygens (including phenoxy) is 1. The predicted molar refractivity (Wildman–Crippen MR) is 72.0 cm³/mol. The fourth-order valence-electron chi connectivity index (χ4n) is 2.54. The maximum Gasteiger partial charge on any atom is 0.312 e. The lowest BCUT2D eigenvalue weighted by Crippen LogP contribution is -2.28. The van der Waals surface area contributed by atoms with Gasteiger partial charge in [0.25, 0.3) is 5.56 Å². The minimum atomic E-state index is -0.400. The van der Waals surface area contributed by atoms with Crippen LogP contribution in [0.4, 0.5) is 0 Å². The Bertz CT molecular complexity index is 748. The van der Waals surface area contributed by atoms with Gasteiger partial charge in [-0.2, -0.15) is 0 Å². The van der Waals surface area contributed by atoms with Crippen molar-refractivity contribution in [2.45, 2.75) is 19.3 Å². The molecule has 3 rings (SSSR count). The van der Waals surface area contributed by atoms with Crippen molar-refractivity contribution < 1.29 is 14.6 Å². The van der Waals surface area contributed by atoms with Gasteiger partial charge in [-0.15, -0.1) is 0 Å². The fraction of sp³-hybridized carbons (Fsp3) is 0.200. The summed E-state index contributed by atoms with van der Waals surface area (Å²) in [4.78, 5) is 26.6. The molecule has 2 heterocycles. The number of benzene rings is 1. The Morgan fingerprint density at radius 2 is 2.10 bits per heavy atom. The first-order chi connectivity index (χ1) is 9.54. The number of phenols is 1. The average molecular weight is 271 g/mol. The van der Waals surface area contributed by atoms with E-state index in [0.717, 1.165) is 5.56 Å². The van der Waals surface area contributed by atoms with E-state index in [4.69, 9.17) is 4.74 Å². The van der Waals surface area contributed by atoms with Crippen molar-refractivity contribution in [3.8, 4) is 11.5 Å². The van der Waals surface area contributed by atoms with Crippen LogP contribution >= 0.6 is 0 Å². The molecule has 0 fully saturated rings. The highest BCUT2D eigenvalue weighted by atomic mass is 16.5. The van der Waals surface area contributed by atoms with Gasteiger partial charge in [-0.1, -0.05) is 12.1 Å². The molecule has 1 aromatic carbocycles. The molecule has 2 aromatic rings. The highest BCUT2D eigenvalue weighted by Crippen LogP contribution is 2.37. The molecule has 102 valence electrons. The van der Waals surface area contributed by atoms with Gasteiger partial charge in [0, 0.05) is 17.7 Å². The summed E-state index contributed by atoms with van der Waals surface area (Å²) in [6.07, 6.45) is 0.0859. The Labute approximate surface area is 114 Å². The molecular formula is C15H13NO4. The minimum absolute atomic E-state index is 0.0859. The first kappa shape index (κ1) is 12.5. The summed E-state index contributed by atoms with van der Waals surface area (Å²) in [5.74, 6) is -0.374. The van der Waals surface area contributed by atoms with Gasteiger partial charge in [0.2, 0.25) is 0 Å². The van der Waals surface area contributed by atoms with Crippen LogP contribution in [0, 0.1) is 6.92 Å². The molecule has 0 aliphatic carbocycles. The highest BCUT2D eigenvalue weighted by Gasteiger charge is 2.31. The summed E-state index contributed by atoms with van der Waals surface area (Å²) in [7, 11) is 0. The number of esters is 1. The molecule has 0 bridgehead atoms. The Hall–Kier alpha value is -2.56. The molecule has 1 aliphatic rings. The van der Waals surface area contributed by atoms with E-state index in [1.807, 2.05) is 0 Å². The third-order valence-corrected chi connectivity index (χ3v) is 3.38. The number of carbonyl (C=O) groups excluding carboxylic acids is 1. The van der Waals surface area contributed by atoms with Gasteiger partial charge in [-0.3, -0.25) is 9.59 Å². The minimum Gasteiger partial charge on any atom is -0.508 e. The van der Waals surface area contributed by atoms with Crippen molar-refractivity contribution >= 4 is 5.97 Å². The second-order valence-electron chi connectivity index (χ2n) is 4.89. The topological polar surface area (TPSA) is 79.4 Å². The normalized spacial score (nSPS) is 17.4. The molecule has 0 radical (unpaired) electrons. The number of nitrogens with one attached hydrogen (secondary N) is 1. The lowest BCUT2D eigenvalue weighted by atomic mass is 9.87. The molecule has 2 N–H and O–H groups in total. The molecule has 1 aromatic heterocycles. The fourth-order valence-corrected chi connectivity index (χ4v) is 2.54. The van der Waals surface area contributed by atoms with E-state index >= 15 is 0 Å². The van der Waals surface area contributed by atoms with Crippen LogP contribution in [0.5, 0.6) is 11.5 Å². The summed E-state index contributed by atoms with van der Waals surface area (Å²) in [5.41, 5.74) is 1.53. The van der Waals surface area contributed by atoms with Crippen molar-refractivity contribution in [2.24, 2.45) is 0 Å². The summed E-state index contributed by atoms with van der Waals surface area (Å²) >= 11 is 0. The molecular weight excluding hydrogens is 258 g/mol. The lowest BCUT2D eigenvalue weighted by Gasteiger charge is -2.24. The molecule has 0 saturated heterocycles. The van der Waals surface area contributed by atoms with E-state index in [1.54, 1.807) is 37.3 Å². The van der Waals surface area contributed by atoms with Gasteiger partial charge in [-0.05, 0) is 24.6 Å². The zero-order valence-corrected chi connectivity index (χ0v) is 10.8. The van der Waals surface area contributed by atoms with Gasteiger partial charge < -0.3 is 14.8 Å². The van der Waals surface area contributed by atoms with Crippen LogP contribution in [0.25, 0.3) is 0 Å². The summed E-state index contributed by atoms with van der Waals surface area (Å²) in [5, 5.41) is 9.57. The van der Waals surface area contributed by atoms with Gasteiger partial charge in [0.1, 0.15) is 11.5 Å². The van der Waals surface area contributed by atoms with Crippen molar-refractivity contribution in [2.75, 3.05) is 0 Å². The van der Waals surface area contributed by atoms with E-state index in [-0.39, 0.29) is 23.7 Å². The largest absolute Gasteiger partial charge is 0.508 e. The zero-order valence-electron chi connectivity index (χ0n) is 10.8. The quantitative estimate of drug-likeness (QED) is 0.775. The van der Waals surface area contributed by atoms with E-state index in [1.165, 1.54) is 0 Å². The number of rotatable bonds is 1. The first-order valence-corrected chi connectivity index (χ1v) is 6.28. The monoisotopic (exact) mass is 271 g/mol. The lowest BCUT2D eigenvalue weighted by molar-refractivity contribution is -0.135. The standard InChI is InChI=1S/C15H13NO4/c1-8-5-12-14(15(19)16-8)11(7-13(18)20-12)9-3-2-4-10(17)6-9/h2-6,11,17H,7H2,1H3,(H,16,19)/t11-/m1/s1. The Morgan fingerprint density at radius 3 is 2.85 bits per heavy atom. The number of hydrogen-bond donors (Lipinski definition) is 2. The summed E-state index contributed by atoms with van der Waals surface area (Å²) < 4.78 is 5.15. The predicted octanol–water partition coefficient (Wildman–Crippen LogP) is 1.83. The summed E-state index contributed by atoms with van der Waals surface area (Å²) in [6.45, 7) is 1.73. The van der Waals surface area contributed by atoms with E-state index in [2.05, 4.69) is 4.98 Å². The number of H-pyrrole nitrogens is 1. The molecule has 20 heavy (non-hydrogen) atoms. The number of pyridine rings is 1. The maximum atomic E-state index is 12.2. The van der Waals surface area contributed by atoms with Crippen LogP contribution < -0.4 is 10.3 Å². The van der Waals surface area contributed by atoms with Gasteiger partial charge in [0.15, 0.2) is 0 Å². The number of aryl methyl sites for hydroxylation is 1. The van der Waals surface area contributed by atoms with Gasteiger partial charge in [0.05, 0.1) is 12.0 Å². The Balaban J connectivity index is 2.20. The Morgan fingerprint density at radius 1 is 1.30 bits per heavy atom. The van der Waals surface area contributed by atoms with Crippen molar-refractivity contribution in [1.29, 1.82) is 0 Å². The second-order valence-corrected chi connectivity index (χ2v) is 4.89. The Kier molecular flexibility index (Phi) is 2.82. The second kappa shape index (κ2) is 4.52. The molecule has 0 amide bonds. The molecule has 0 spiro atoms. The highest BCUT2D eigenvalue weighted by molar-refractivity contribution is 5.77. The molecule has 5 heteroatoms. The first-order valence-electron chi connectivity index (χ1n) is 6.28. The van der Waals surface area contributed by atoms with Crippen LogP contribution in [-0.4, -0.2) is 16.1 Å². The number of phenolic OH excluding ortho intramolecular Hbond substituents is 1. The molecule has 0 unspecified atom stereocenters. The number of carbonyl (C=O) groups is 1. The van der Waals surface area contributed by atoms with E-state index in [0.29, 0.717) is 17.0 Å². The van der Waals surface area contributed by atoms with Crippen LogP contribution in [0.3, 0.4) is 0 Å². The number of fused-ring (bicyclic) bond motifs is 1. The van der Waals surface area contributed by atoms with Crippen molar-refractivity contribution in [3.05, 3.63) is 57.5 Å². The van der Waals surface area contributed by atoms with Gasteiger partial charge >= 0.3 is 5.97 Å². The number of aromatic hydroxyl groups is 1. The summed E-state index contributed by atoms with van der Waals surface area (Å²) in [6, 6.07) is 8.22. The van der Waals surface area contributed by atoms with Gasteiger partial charge in [-0.25, -0.2) is 0 Å². The van der Waals surface area contributed by atoms with Crippen LogP contribution in [-0.2, 0) is 4.79 Å². The SMILES string of the molecule is Cc1cc2c(c(=O)[nH]1)[C@@H](c1cccc(O)c1)CC(=O)O2. The van der Waals surface area contributed by atoms with Crippen LogP contribution in [0.15, 0.2) is 35.1 Å². The van der Waals surface area contributed by atoms with E-state index < -0.39 is 5.92 Å². The molecule has 1 atom stereocenters. The smallest absolute Gasteiger partial charge is 0.312 e. The van der Waals surface area contributed by atoms with Crippen LogP contribution in [0.1, 0.15) is 29.2 Å². The number of aromatic amines is 1. The number of hydrogen-bond acceptors (Lipinski definition) is 4. The van der Waals surface area contributed by atoms with Crippen molar-refractivity contribution in [1.82, 2.24) is 4.98 Å². The maximum absolute atomic E-state index is 12.2. The zero-order chi connectivity index (χ0) is 14.3. The third kappa shape index (κ3) is 2.07. The molecule has 1 aliphatic heterocycles. The van der Waals surface area contributed by atoms with Crippen molar-refractivity contribution in [3.63, 3.8) is 0 Å². The van der Waals surface area contributed by atoms with Crippen LogP contribution in [0.2, 0.25) is 0 Å². The average Bonchev–Trinajstić information content (AvgIpc) is 2.36. The van der Waals surface area contributed by atoms with E-state index in [9.17, 15) is 14.7 Å². The molecule has 5 nitrogen and oxygen atoms in total. The molecule has 0 saturated carbocycles. The third-order valence-electron chi connectivity index (χ3n) is 3.38. The number of aromatic nitrogens is 1.